The molecule has 4 rings (SSSR count). The van der Waals surface area contributed by atoms with Gasteiger partial charge in [0.25, 0.3) is 5.91 Å². The van der Waals surface area contributed by atoms with E-state index in [9.17, 15) is 18.8 Å². The first-order valence-electron chi connectivity index (χ1n) is 12.1. The molecule has 2 amide bonds. The number of aryl methyl sites for hydroxylation is 1. The number of hydrogen-bond acceptors (Lipinski definition) is 5. The number of carboxylic acids is 1. The number of carboxylic acid groups (broad SMARTS) is 1. The number of fused-ring (bicyclic) bond motifs is 1. The van der Waals surface area contributed by atoms with Gasteiger partial charge in [-0.05, 0) is 80.2 Å². The smallest absolute Gasteiger partial charge is 0.303 e. The van der Waals surface area contributed by atoms with Crippen LogP contribution in [0.15, 0.2) is 66.7 Å². The van der Waals surface area contributed by atoms with Crippen LogP contribution >= 0.6 is 0 Å². The zero-order valence-corrected chi connectivity index (χ0v) is 21.4. The van der Waals surface area contributed by atoms with Crippen molar-refractivity contribution >= 4 is 46.1 Å². The Bertz CT molecular complexity index is 1420. The lowest BCUT2D eigenvalue weighted by Crippen LogP contribution is -2.34. The van der Waals surface area contributed by atoms with Gasteiger partial charge in [0.2, 0.25) is 5.91 Å². The lowest BCUT2D eigenvalue weighted by molar-refractivity contribution is -0.137. The SMILES string of the molecule is CN(C)CC(=O)N(C)c1ccc(NC(=C2C(=O)Nc3cc(F)ccc32)c2cccc(CCC(=O)O)c2)cc1. The van der Waals surface area contributed by atoms with Crippen molar-refractivity contribution in [3.05, 3.63) is 89.2 Å². The minimum absolute atomic E-state index is 0.0209. The largest absolute Gasteiger partial charge is 0.481 e. The van der Waals surface area contributed by atoms with E-state index >= 15 is 0 Å². The lowest BCUT2D eigenvalue weighted by atomic mass is 9.97. The summed E-state index contributed by atoms with van der Waals surface area (Å²) in [6.07, 6.45) is 0.314. The summed E-state index contributed by atoms with van der Waals surface area (Å²) in [6, 6.07) is 18.7. The Kier molecular flexibility index (Phi) is 7.87. The molecule has 3 aromatic carbocycles. The first kappa shape index (κ1) is 26.6. The highest BCUT2D eigenvalue weighted by Crippen LogP contribution is 2.38. The number of carbonyl (C=O) groups is 3. The number of likely N-dealkylation sites (N-methyl/N-ethyl adjacent to an activating group) is 2. The van der Waals surface area contributed by atoms with Gasteiger partial charge in [-0.3, -0.25) is 14.4 Å². The molecule has 0 unspecified atom stereocenters. The van der Waals surface area contributed by atoms with Crippen molar-refractivity contribution in [1.29, 1.82) is 0 Å². The monoisotopic (exact) mass is 516 g/mol. The Morgan fingerprint density at radius 2 is 1.74 bits per heavy atom. The van der Waals surface area contributed by atoms with E-state index in [0.717, 1.165) is 5.56 Å². The number of anilines is 3. The highest BCUT2D eigenvalue weighted by atomic mass is 19.1. The Balaban J connectivity index is 1.73. The van der Waals surface area contributed by atoms with Crippen LogP contribution < -0.4 is 15.5 Å². The van der Waals surface area contributed by atoms with E-state index in [1.54, 1.807) is 35.0 Å². The van der Waals surface area contributed by atoms with Gasteiger partial charge >= 0.3 is 5.97 Å². The van der Waals surface area contributed by atoms with E-state index in [4.69, 9.17) is 5.11 Å². The van der Waals surface area contributed by atoms with Crippen LogP contribution in [0.1, 0.15) is 23.1 Å². The number of halogens is 1. The summed E-state index contributed by atoms with van der Waals surface area (Å²) in [4.78, 5) is 40.0. The molecular formula is C29H29FN4O4. The molecule has 38 heavy (non-hydrogen) atoms. The molecule has 3 aromatic rings. The fraction of sp³-hybridized carbons (Fsp3) is 0.207. The van der Waals surface area contributed by atoms with Crippen molar-refractivity contribution in [2.45, 2.75) is 12.8 Å². The van der Waals surface area contributed by atoms with Crippen LogP contribution in [0.5, 0.6) is 0 Å². The number of amides is 2. The van der Waals surface area contributed by atoms with Crippen LogP contribution in [0.25, 0.3) is 11.3 Å². The van der Waals surface area contributed by atoms with E-state index in [0.29, 0.717) is 45.9 Å². The highest BCUT2D eigenvalue weighted by molar-refractivity contribution is 6.37. The molecule has 0 aromatic heterocycles. The maximum atomic E-state index is 13.9. The zero-order chi connectivity index (χ0) is 27.4. The number of nitrogens with one attached hydrogen (secondary N) is 2. The second kappa shape index (κ2) is 11.3. The molecule has 0 fully saturated rings. The maximum Gasteiger partial charge on any atom is 0.303 e. The first-order valence-corrected chi connectivity index (χ1v) is 12.1. The molecule has 1 heterocycles. The number of hydrogen-bond donors (Lipinski definition) is 3. The van der Waals surface area contributed by atoms with Gasteiger partial charge in [0.1, 0.15) is 5.82 Å². The van der Waals surface area contributed by atoms with Crippen molar-refractivity contribution in [3.8, 4) is 0 Å². The van der Waals surface area contributed by atoms with E-state index in [1.807, 2.05) is 50.5 Å². The summed E-state index contributed by atoms with van der Waals surface area (Å²) in [5, 5.41) is 15.2. The molecule has 9 heteroatoms. The standard InChI is InChI=1S/C29H29FN4O4/c1-33(2)17-25(35)34(3)22-11-9-21(10-12-22)31-28(19-6-4-5-18(15-19)7-14-26(36)37)27-23-13-8-20(30)16-24(23)32-29(27)38/h4-6,8-13,15-16,31H,7,14,17H2,1-3H3,(H,32,38)(H,36,37). The number of nitrogens with zero attached hydrogens (tertiary/aromatic N) is 2. The van der Waals surface area contributed by atoms with Gasteiger partial charge in [-0.1, -0.05) is 18.2 Å². The summed E-state index contributed by atoms with van der Waals surface area (Å²) in [7, 11) is 5.37. The second-order valence-electron chi connectivity index (χ2n) is 9.35. The van der Waals surface area contributed by atoms with Crippen LogP contribution in [0, 0.1) is 5.82 Å². The Morgan fingerprint density at radius 1 is 1.00 bits per heavy atom. The number of rotatable bonds is 9. The third-order valence-electron chi connectivity index (χ3n) is 6.17. The van der Waals surface area contributed by atoms with Crippen LogP contribution in [0.3, 0.4) is 0 Å². The molecule has 0 radical (unpaired) electrons. The normalized spacial score (nSPS) is 13.7. The highest BCUT2D eigenvalue weighted by Gasteiger charge is 2.29. The van der Waals surface area contributed by atoms with Gasteiger partial charge in [-0.25, -0.2) is 4.39 Å². The number of benzene rings is 3. The van der Waals surface area contributed by atoms with Crippen LogP contribution in [-0.2, 0) is 20.8 Å². The van der Waals surface area contributed by atoms with E-state index in [1.165, 1.54) is 12.1 Å². The van der Waals surface area contributed by atoms with E-state index in [2.05, 4.69) is 10.6 Å². The summed E-state index contributed by atoms with van der Waals surface area (Å²) in [5.41, 5.74) is 4.64. The molecule has 8 nitrogen and oxygen atoms in total. The summed E-state index contributed by atoms with van der Waals surface area (Å²) in [6.45, 7) is 0.278. The minimum atomic E-state index is -0.896. The number of carbonyl (C=O) groups excluding carboxylic acids is 2. The third kappa shape index (κ3) is 6.07. The Morgan fingerprint density at radius 3 is 2.42 bits per heavy atom. The van der Waals surface area contributed by atoms with Gasteiger partial charge < -0.3 is 25.5 Å². The molecule has 0 spiro atoms. The molecular weight excluding hydrogens is 487 g/mol. The van der Waals surface area contributed by atoms with Crippen molar-refractivity contribution in [1.82, 2.24) is 4.90 Å². The fourth-order valence-corrected chi connectivity index (χ4v) is 4.24. The molecule has 1 aliphatic heterocycles. The quantitative estimate of drug-likeness (QED) is 0.367. The second-order valence-corrected chi connectivity index (χ2v) is 9.35. The van der Waals surface area contributed by atoms with Gasteiger partial charge in [-0.15, -0.1) is 0 Å². The maximum absolute atomic E-state index is 13.9. The van der Waals surface area contributed by atoms with Crippen molar-refractivity contribution in [3.63, 3.8) is 0 Å². The molecule has 196 valence electrons. The predicted molar refractivity (Wildman–Crippen MR) is 146 cm³/mol. The van der Waals surface area contributed by atoms with Gasteiger partial charge in [0.05, 0.1) is 23.5 Å². The van der Waals surface area contributed by atoms with Gasteiger partial charge in [-0.2, -0.15) is 0 Å². The lowest BCUT2D eigenvalue weighted by Gasteiger charge is -2.20. The molecule has 0 saturated heterocycles. The minimum Gasteiger partial charge on any atom is -0.481 e. The number of aliphatic carboxylic acids is 1. The summed E-state index contributed by atoms with van der Waals surface area (Å²) >= 11 is 0. The van der Waals surface area contributed by atoms with Crippen LogP contribution in [0.4, 0.5) is 21.5 Å². The molecule has 0 aliphatic carbocycles. The fourth-order valence-electron chi connectivity index (χ4n) is 4.24. The average Bonchev–Trinajstić information content (AvgIpc) is 3.20. The average molecular weight is 517 g/mol. The van der Waals surface area contributed by atoms with Crippen LogP contribution in [0.2, 0.25) is 0 Å². The van der Waals surface area contributed by atoms with Gasteiger partial charge in [0, 0.05) is 30.4 Å². The summed E-state index contributed by atoms with van der Waals surface area (Å²) < 4.78 is 13.9. The molecule has 3 N–H and O–H groups in total. The van der Waals surface area contributed by atoms with Crippen molar-refractivity contribution in [2.24, 2.45) is 0 Å². The van der Waals surface area contributed by atoms with E-state index < -0.39 is 11.8 Å². The molecule has 1 aliphatic rings. The van der Waals surface area contributed by atoms with Crippen LogP contribution in [-0.4, -0.2) is 55.5 Å². The third-order valence-corrected chi connectivity index (χ3v) is 6.17. The summed E-state index contributed by atoms with van der Waals surface area (Å²) in [5.74, 6) is -1.79. The van der Waals surface area contributed by atoms with Gasteiger partial charge in [0.15, 0.2) is 0 Å². The first-order chi connectivity index (χ1) is 18.1. The topological polar surface area (TPSA) is 102 Å². The molecule has 0 bridgehead atoms. The molecule has 0 saturated carbocycles. The molecule has 0 atom stereocenters. The predicted octanol–water partition coefficient (Wildman–Crippen LogP) is 4.30. The van der Waals surface area contributed by atoms with Crippen molar-refractivity contribution < 1.29 is 23.9 Å². The van der Waals surface area contributed by atoms with Crippen molar-refractivity contribution in [2.75, 3.05) is 43.2 Å². The Hall–Kier alpha value is -4.50. The zero-order valence-electron chi connectivity index (χ0n) is 21.4. The Labute approximate surface area is 220 Å². The van der Waals surface area contributed by atoms with E-state index in [-0.39, 0.29) is 24.8 Å².